The van der Waals surface area contributed by atoms with Gasteiger partial charge in [0, 0.05) is 18.9 Å². The van der Waals surface area contributed by atoms with Gasteiger partial charge in [0.25, 0.3) is 0 Å². The first-order chi connectivity index (χ1) is 11.1. The smallest absolute Gasteiger partial charge is 0.234 e. The van der Waals surface area contributed by atoms with Crippen LogP contribution in [0.25, 0.3) is 0 Å². The van der Waals surface area contributed by atoms with Gasteiger partial charge in [-0.25, -0.2) is 4.68 Å². The Balaban J connectivity index is 2.01. The SMILES string of the molecule is C=CCn1nnnc1S[C@@H](C(=O)NCc1cccnc1)C(C)C. The zero-order valence-corrected chi connectivity index (χ0v) is 14.0. The second kappa shape index (κ2) is 8.42. The van der Waals surface area contributed by atoms with Crippen LogP contribution in [0.2, 0.25) is 0 Å². The monoisotopic (exact) mass is 332 g/mol. The average Bonchev–Trinajstić information content (AvgIpc) is 2.98. The van der Waals surface area contributed by atoms with Crippen LogP contribution in [-0.2, 0) is 17.9 Å². The lowest BCUT2D eigenvalue weighted by Gasteiger charge is -2.19. The zero-order chi connectivity index (χ0) is 16.7. The number of pyridine rings is 1. The van der Waals surface area contributed by atoms with Crippen molar-refractivity contribution in [3.05, 3.63) is 42.7 Å². The van der Waals surface area contributed by atoms with Gasteiger partial charge in [-0.15, -0.1) is 11.7 Å². The molecule has 23 heavy (non-hydrogen) atoms. The lowest BCUT2D eigenvalue weighted by atomic mass is 10.1. The number of hydrogen-bond donors (Lipinski definition) is 1. The Hall–Kier alpha value is -2.22. The Morgan fingerprint density at radius 3 is 3.00 bits per heavy atom. The van der Waals surface area contributed by atoms with Crippen molar-refractivity contribution in [2.24, 2.45) is 5.92 Å². The second-order valence-corrected chi connectivity index (χ2v) is 6.40. The summed E-state index contributed by atoms with van der Waals surface area (Å²) in [5, 5.41) is 14.8. The van der Waals surface area contributed by atoms with Crippen LogP contribution >= 0.6 is 11.8 Å². The summed E-state index contributed by atoms with van der Waals surface area (Å²) < 4.78 is 1.63. The topological polar surface area (TPSA) is 85.6 Å². The highest BCUT2D eigenvalue weighted by atomic mass is 32.2. The van der Waals surface area contributed by atoms with E-state index in [0.29, 0.717) is 18.2 Å². The molecule has 0 bridgehead atoms. The highest BCUT2D eigenvalue weighted by Gasteiger charge is 2.25. The maximum Gasteiger partial charge on any atom is 0.234 e. The number of rotatable bonds is 8. The first-order valence-electron chi connectivity index (χ1n) is 7.32. The molecule has 0 saturated heterocycles. The van der Waals surface area contributed by atoms with Crippen molar-refractivity contribution in [3.8, 4) is 0 Å². The molecule has 0 aromatic carbocycles. The average molecular weight is 332 g/mol. The van der Waals surface area contributed by atoms with Gasteiger partial charge in [0.1, 0.15) is 0 Å². The van der Waals surface area contributed by atoms with E-state index in [1.165, 1.54) is 11.8 Å². The highest BCUT2D eigenvalue weighted by molar-refractivity contribution is 8.00. The van der Waals surface area contributed by atoms with Gasteiger partial charge in [-0.2, -0.15) is 0 Å². The minimum Gasteiger partial charge on any atom is -0.351 e. The summed E-state index contributed by atoms with van der Waals surface area (Å²) in [4.78, 5) is 16.5. The predicted octanol–water partition coefficient (Wildman–Crippen LogP) is 1.69. The number of carbonyl (C=O) groups is 1. The summed E-state index contributed by atoms with van der Waals surface area (Å²) >= 11 is 1.36. The molecule has 1 N–H and O–H groups in total. The largest absolute Gasteiger partial charge is 0.351 e. The summed E-state index contributed by atoms with van der Waals surface area (Å²) in [6.07, 6.45) is 5.16. The number of nitrogens with one attached hydrogen (secondary N) is 1. The van der Waals surface area contributed by atoms with E-state index >= 15 is 0 Å². The van der Waals surface area contributed by atoms with Gasteiger partial charge in [-0.3, -0.25) is 9.78 Å². The van der Waals surface area contributed by atoms with Gasteiger partial charge in [0.2, 0.25) is 11.1 Å². The van der Waals surface area contributed by atoms with Crippen molar-refractivity contribution < 1.29 is 4.79 Å². The van der Waals surface area contributed by atoms with Gasteiger partial charge in [-0.1, -0.05) is 37.8 Å². The van der Waals surface area contributed by atoms with Gasteiger partial charge < -0.3 is 5.32 Å². The number of nitrogens with zero attached hydrogens (tertiary/aromatic N) is 5. The summed E-state index contributed by atoms with van der Waals surface area (Å²) in [6.45, 7) is 8.65. The molecule has 122 valence electrons. The van der Waals surface area contributed by atoms with Crippen LogP contribution in [-0.4, -0.2) is 36.3 Å². The first-order valence-corrected chi connectivity index (χ1v) is 8.20. The van der Waals surface area contributed by atoms with Crippen molar-refractivity contribution in [2.45, 2.75) is 37.3 Å². The Morgan fingerprint density at radius 2 is 2.35 bits per heavy atom. The van der Waals surface area contributed by atoms with Crippen molar-refractivity contribution in [1.29, 1.82) is 0 Å². The number of aromatic nitrogens is 5. The fraction of sp³-hybridized carbons (Fsp3) is 0.400. The van der Waals surface area contributed by atoms with E-state index in [9.17, 15) is 4.79 Å². The van der Waals surface area contributed by atoms with Crippen molar-refractivity contribution in [1.82, 2.24) is 30.5 Å². The molecule has 2 aromatic heterocycles. The van der Waals surface area contributed by atoms with E-state index in [2.05, 4.69) is 32.4 Å². The van der Waals surface area contributed by atoms with Crippen LogP contribution in [0.1, 0.15) is 19.4 Å². The summed E-state index contributed by atoms with van der Waals surface area (Å²) in [5.74, 6) is 0.102. The summed E-state index contributed by atoms with van der Waals surface area (Å²) in [6, 6.07) is 3.77. The van der Waals surface area contributed by atoms with Crippen LogP contribution in [0.3, 0.4) is 0 Å². The van der Waals surface area contributed by atoms with Gasteiger partial charge in [0.05, 0.1) is 11.8 Å². The molecule has 1 amide bonds. The van der Waals surface area contributed by atoms with E-state index in [-0.39, 0.29) is 17.1 Å². The van der Waals surface area contributed by atoms with Crippen LogP contribution in [0.4, 0.5) is 0 Å². The maximum absolute atomic E-state index is 12.5. The maximum atomic E-state index is 12.5. The number of hydrogen-bond acceptors (Lipinski definition) is 6. The number of tetrazole rings is 1. The van der Waals surface area contributed by atoms with E-state index in [1.807, 2.05) is 26.0 Å². The van der Waals surface area contributed by atoms with Crippen molar-refractivity contribution in [3.63, 3.8) is 0 Å². The van der Waals surface area contributed by atoms with E-state index in [1.54, 1.807) is 23.2 Å². The number of thioether (sulfide) groups is 1. The van der Waals surface area contributed by atoms with E-state index in [0.717, 1.165) is 5.56 Å². The van der Waals surface area contributed by atoms with Crippen LogP contribution < -0.4 is 5.32 Å². The molecule has 0 aliphatic heterocycles. The molecule has 1 atom stereocenters. The number of amides is 1. The number of allylic oxidation sites excluding steroid dienone is 1. The first kappa shape index (κ1) is 17.1. The molecule has 8 heteroatoms. The van der Waals surface area contributed by atoms with Crippen LogP contribution in [0.5, 0.6) is 0 Å². The molecule has 0 radical (unpaired) electrons. The molecule has 0 unspecified atom stereocenters. The predicted molar refractivity (Wildman–Crippen MR) is 88.6 cm³/mol. The molecule has 7 nitrogen and oxygen atoms in total. The molecule has 0 saturated carbocycles. The Morgan fingerprint density at radius 1 is 1.52 bits per heavy atom. The molecule has 2 rings (SSSR count). The lowest BCUT2D eigenvalue weighted by molar-refractivity contribution is -0.121. The van der Waals surface area contributed by atoms with Crippen molar-refractivity contribution >= 4 is 17.7 Å². The Bertz CT molecular complexity index is 642. The third-order valence-electron chi connectivity index (χ3n) is 3.09. The minimum atomic E-state index is -0.277. The van der Waals surface area contributed by atoms with Gasteiger partial charge >= 0.3 is 0 Å². The second-order valence-electron chi connectivity index (χ2n) is 5.29. The third-order valence-corrected chi connectivity index (χ3v) is 4.60. The summed E-state index contributed by atoms with van der Waals surface area (Å²) in [5.41, 5.74) is 0.963. The fourth-order valence-electron chi connectivity index (χ4n) is 1.92. The molecule has 2 aromatic rings. The quantitative estimate of drug-likeness (QED) is 0.585. The molecule has 0 aliphatic rings. The standard InChI is InChI=1S/C15H20N6OS/c1-4-8-21-15(18-19-20-21)23-13(11(2)3)14(22)17-10-12-6-5-7-16-9-12/h4-7,9,11,13H,1,8,10H2,2-3H3,(H,17,22)/t13-/m1/s1. The fourth-order valence-corrected chi connectivity index (χ4v) is 2.92. The minimum absolute atomic E-state index is 0.0398. The van der Waals surface area contributed by atoms with Crippen LogP contribution in [0, 0.1) is 5.92 Å². The molecule has 0 aliphatic carbocycles. The molecular formula is C15H20N6OS. The molecule has 0 spiro atoms. The molecule has 0 fully saturated rings. The molecular weight excluding hydrogens is 312 g/mol. The Labute approximate surface area is 139 Å². The van der Waals surface area contributed by atoms with E-state index < -0.39 is 0 Å². The Kier molecular flexibility index (Phi) is 6.28. The molecule has 2 heterocycles. The van der Waals surface area contributed by atoms with Gasteiger partial charge in [0.15, 0.2) is 0 Å². The lowest BCUT2D eigenvalue weighted by Crippen LogP contribution is -2.35. The normalized spacial score (nSPS) is 12.1. The summed E-state index contributed by atoms with van der Waals surface area (Å²) in [7, 11) is 0. The van der Waals surface area contributed by atoms with Crippen molar-refractivity contribution in [2.75, 3.05) is 0 Å². The third kappa shape index (κ3) is 4.88. The van der Waals surface area contributed by atoms with E-state index in [4.69, 9.17) is 0 Å². The number of carbonyl (C=O) groups excluding carboxylic acids is 1. The highest BCUT2D eigenvalue weighted by Crippen LogP contribution is 2.26. The van der Waals surface area contributed by atoms with Gasteiger partial charge in [-0.05, 0) is 28.0 Å². The van der Waals surface area contributed by atoms with Crippen LogP contribution in [0.15, 0.2) is 42.3 Å². The zero-order valence-electron chi connectivity index (χ0n) is 13.2.